The normalized spacial score (nSPS) is 10.1. The highest BCUT2D eigenvalue weighted by atomic mass is 16.5. The van der Waals surface area contributed by atoms with Gasteiger partial charge in [0.15, 0.2) is 0 Å². The quantitative estimate of drug-likeness (QED) is 0.669. The molecule has 0 aliphatic carbocycles. The molecule has 0 aliphatic rings. The van der Waals surface area contributed by atoms with Crippen LogP contribution < -0.4 is 15.9 Å². The predicted molar refractivity (Wildman–Crippen MR) is 75.6 cm³/mol. The highest BCUT2D eigenvalue weighted by Crippen LogP contribution is 2.18. The van der Waals surface area contributed by atoms with Gasteiger partial charge in [0.05, 0.1) is 5.56 Å². The highest BCUT2D eigenvalue weighted by molar-refractivity contribution is 6.58. The molecule has 0 radical (unpaired) electrons. The summed E-state index contributed by atoms with van der Waals surface area (Å²) >= 11 is 0. The van der Waals surface area contributed by atoms with Crippen molar-refractivity contribution in [3.05, 3.63) is 59.7 Å². The summed E-state index contributed by atoms with van der Waals surface area (Å²) in [5, 5.41) is 18.3. The Bertz CT molecular complexity index is 601. The van der Waals surface area contributed by atoms with Gasteiger partial charge in [-0.3, -0.25) is 4.79 Å². The molecule has 0 bridgehead atoms. The fourth-order valence-electron chi connectivity index (χ4n) is 1.76. The molecule has 0 atom stereocenters. The molecule has 0 heterocycles. The molecule has 1 amide bonds. The fourth-order valence-corrected chi connectivity index (χ4v) is 1.76. The van der Waals surface area contributed by atoms with Gasteiger partial charge < -0.3 is 20.5 Å². The highest BCUT2D eigenvalue weighted by Gasteiger charge is 2.16. The van der Waals surface area contributed by atoms with E-state index in [2.05, 4.69) is 0 Å². The number of primary amides is 1. The van der Waals surface area contributed by atoms with Crippen molar-refractivity contribution in [2.75, 3.05) is 0 Å². The Balaban J connectivity index is 2.24. The zero-order chi connectivity index (χ0) is 14.5. The number of carbonyl (C=O) groups is 1. The maximum Gasteiger partial charge on any atom is 0.488 e. The van der Waals surface area contributed by atoms with Gasteiger partial charge in [-0.05, 0) is 23.2 Å². The van der Waals surface area contributed by atoms with Crippen LogP contribution in [0.2, 0.25) is 0 Å². The Hall–Kier alpha value is -2.31. The largest absolute Gasteiger partial charge is 0.488 e. The standard InChI is InChI=1S/C14H14BNO4/c16-14(17)12-7-6-11(15(18)19)8-13(12)20-9-10-4-2-1-3-5-10/h1-8,18-19H,9H2,(H2,16,17). The maximum absolute atomic E-state index is 11.3. The average Bonchev–Trinajstić information content (AvgIpc) is 2.45. The van der Waals surface area contributed by atoms with E-state index in [-0.39, 0.29) is 23.4 Å². The fraction of sp³-hybridized carbons (Fsp3) is 0.0714. The van der Waals surface area contributed by atoms with Crippen LogP contribution in [0.15, 0.2) is 48.5 Å². The van der Waals surface area contributed by atoms with Crippen molar-refractivity contribution in [2.45, 2.75) is 6.61 Å². The van der Waals surface area contributed by atoms with Crippen LogP contribution in [0.5, 0.6) is 5.75 Å². The van der Waals surface area contributed by atoms with Crippen LogP contribution in [-0.2, 0) is 6.61 Å². The molecule has 2 aromatic rings. The van der Waals surface area contributed by atoms with Crippen molar-refractivity contribution in [1.29, 1.82) is 0 Å². The summed E-state index contributed by atoms with van der Waals surface area (Å²) in [6.07, 6.45) is 0. The van der Waals surface area contributed by atoms with E-state index in [1.54, 1.807) is 0 Å². The second kappa shape index (κ2) is 6.23. The zero-order valence-corrected chi connectivity index (χ0v) is 10.7. The topological polar surface area (TPSA) is 92.8 Å². The number of nitrogens with two attached hydrogens (primary N) is 1. The summed E-state index contributed by atoms with van der Waals surface area (Å²) in [7, 11) is -1.63. The Labute approximate surface area is 116 Å². The SMILES string of the molecule is NC(=O)c1ccc(B(O)O)cc1OCc1ccccc1. The Kier molecular flexibility index (Phi) is 4.39. The molecule has 2 aromatic carbocycles. The number of hydrogen-bond acceptors (Lipinski definition) is 4. The van der Waals surface area contributed by atoms with Crippen molar-refractivity contribution in [2.24, 2.45) is 5.73 Å². The number of hydrogen-bond donors (Lipinski definition) is 3. The summed E-state index contributed by atoms with van der Waals surface area (Å²) in [6, 6.07) is 13.6. The average molecular weight is 271 g/mol. The van der Waals surface area contributed by atoms with Crippen LogP contribution in [0.4, 0.5) is 0 Å². The van der Waals surface area contributed by atoms with Crippen molar-refractivity contribution >= 4 is 18.5 Å². The minimum absolute atomic E-state index is 0.199. The molecule has 0 fully saturated rings. The van der Waals surface area contributed by atoms with E-state index in [0.29, 0.717) is 0 Å². The molecule has 20 heavy (non-hydrogen) atoms. The summed E-state index contributed by atoms with van der Waals surface area (Å²) in [6.45, 7) is 0.256. The molecule has 0 saturated carbocycles. The second-order valence-electron chi connectivity index (χ2n) is 4.27. The Morgan fingerprint density at radius 3 is 2.45 bits per heavy atom. The van der Waals surface area contributed by atoms with Gasteiger partial charge in [-0.1, -0.05) is 36.4 Å². The van der Waals surface area contributed by atoms with Gasteiger partial charge in [0, 0.05) is 0 Å². The summed E-state index contributed by atoms with van der Waals surface area (Å²) in [5.41, 5.74) is 6.63. The number of rotatable bonds is 5. The van der Waals surface area contributed by atoms with Gasteiger partial charge in [0.2, 0.25) is 0 Å². The molecule has 6 heteroatoms. The molecular weight excluding hydrogens is 257 g/mol. The van der Waals surface area contributed by atoms with Gasteiger partial charge in [-0.15, -0.1) is 0 Å². The van der Waals surface area contributed by atoms with Gasteiger partial charge in [-0.25, -0.2) is 0 Å². The molecule has 5 nitrogen and oxygen atoms in total. The third kappa shape index (κ3) is 3.37. The Morgan fingerprint density at radius 2 is 1.85 bits per heavy atom. The van der Waals surface area contributed by atoms with E-state index in [9.17, 15) is 4.79 Å². The predicted octanol–water partition coefficient (Wildman–Crippen LogP) is 0.0443. The molecule has 0 unspecified atom stereocenters. The lowest BCUT2D eigenvalue weighted by molar-refractivity contribution is 0.0996. The van der Waals surface area contributed by atoms with Crippen molar-refractivity contribution < 1.29 is 19.6 Å². The third-order valence-electron chi connectivity index (χ3n) is 2.81. The number of ether oxygens (including phenoxy) is 1. The van der Waals surface area contributed by atoms with Gasteiger partial charge in [0.25, 0.3) is 5.91 Å². The second-order valence-corrected chi connectivity index (χ2v) is 4.27. The first kappa shape index (κ1) is 14.1. The van der Waals surface area contributed by atoms with E-state index in [0.717, 1.165) is 5.56 Å². The van der Waals surface area contributed by atoms with Crippen LogP contribution in [0.3, 0.4) is 0 Å². The zero-order valence-electron chi connectivity index (χ0n) is 10.7. The monoisotopic (exact) mass is 271 g/mol. The lowest BCUT2D eigenvalue weighted by Crippen LogP contribution is -2.30. The van der Waals surface area contributed by atoms with Crippen molar-refractivity contribution in [3.8, 4) is 5.75 Å². The number of amides is 1. The first-order valence-corrected chi connectivity index (χ1v) is 6.04. The van der Waals surface area contributed by atoms with Crippen LogP contribution in [0.1, 0.15) is 15.9 Å². The van der Waals surface area contributed by atoms with Gasteiger partial charge >= 0.3 is 7.12 Å². The first-order valence-electron chi connectivity index (χ1n) is 6.04. The lowest BCUT2D eigenvalue weighted by atomic mass is 9.80. The molecule has 0 aliphatic heterocycles. The molecule has 0 saturated heterocycles. The van der Waals surface area contributed by atoms with Crippen LogP contribution in [0.25, 0.3) is 0 Å². The minimum Gasteiger partial charge on any atom is -0.488 e. The van der Waals surface area contributed by atoms with E-state index in [1.165, 1.54) is 18.2 Å². The van der Waals surface area contributed by atoms with E-state index < -0.39 is 13.0 Å². The van der Waals surface area contributed by atoms with Crippen molar-refractivity contribution in [3.63, 3.8) is 0 Å². The number of carbonyl (C=O) groups excluding carboxylic acids is 1. The lowest BCUT2D eigenvalue weighted by Gasteiger charge is -2.11. The van der Waals surface area contributed by atoms with Crippen molar-refractivity contribution in [1.82, 2.24) is 0 Å². The Morgan fingerprint density at radius 1 is 1.15 bits per heavy atom. The maximum atomic E-state index is 11.3. The molecule has 0 spiro atoms. The third-order valence-corrected chi connectivity index (χ3v) is 2.81. The molecule has 0 aromatic heterocycles. The number of benzene rings is 2. The van der Waals surface area contributed by atoms with E-state index in [4.69, 9.17) is 20.5 Å². The smallest absolute Gasteiger partial charge is 0.488 e. The summed E-state index contributed by atoms with van der Waals surface area (Å²) in [4.78, 5) is 11.3. The first-order chi connectivity index (χ1) is 9.58. The van der Waals surface area contributed by atoms with Gasteiger partial charge in [-0.2, -0.15) is 0 Å². The molecule has 2 rings (SSSR count). The van der Waals surface area contributed by atoms with Crippen LogP contribution >= 0.6 is 0 Å². The molecule has 4 N–H and O–H groups in total. The molecular formula is C14H14BNO4. The van der Waals surface area contributed by atoms with E-state index >= 15 is 0 Å². The molecule has 102 valence electrons. The van der Waals surface area contributed by atoms with E-state index in [1.807, 2.05) is 30.3 Å². The van der Waals surface area contributed by atoms with Gasteiger partial charge in [0.1, 0.15) is 12.4 Å². The summed E-state index contributed by atoms with van der Waals surface area (Å²) < 4.78 is 5.55. The van der Waals surface area contributed by atoms with Crippen LogP contribution in [0, 0.1) is 0 Å². The summed E-state index contributed by atoms with van der Waals surface area (Å²) in [5.74, 6) is -0.404. The minimum atomic E-state index is -1.63. The van der Waals surface area contributed by atoms with Crippen LogP contribution in [-0.4, -0.2) is 23.1 Å².